The van der Waals surface area contributed by atoms with Crippen LogP contribution in [-0.4, -0.2) is 17.3 Å². The lowest BCUT2D eigenvalue weighted by atomic mass is 10.1. The smallest absolute Gasteiger partial charge is 0.253 e. The average molecular weight is 321 g/mol. The van der Waals surface area contributed by atoms with Crippen molar-refractivity contribution in [2.75, 3.05) is 0 Å². The molecular formula is C14H16Cl3NO. The van der Waals surface area contributed by atoms with Gasteiger partial charge < -0.3 is 5.32 Å². The van der Waals surface area contributed by atoms with Gasteiger partial charge in [-0.1, -0.05) is 42.5 Å². The Bertz CT molecular complexity index is 464. The minimum atomic E-state index is -0.204. The number of benzene rings is 1. The van der Waals surface area contributed by atoms with Crippen molar-refractivity contribution in [3.05, 3.63) is 33.8 Å². The number of rotatable bonds is 2. The fourth-order valence-electron chi connectivity index (χ4n) is 2.34. The van der Waals surface area contributed by atoms with Gasteiger partial charge in [-0.25, -0.2) is 0 Å². The monoisotopic (exact) mass is 319 g/mol. The van der Waals surface area contributed by atoms with E-state index < -0.39 is 0 Å². The highest BCUT2D eigenvalue weighted by molar-refractivity contribution is 6.35. The molecule has 1 saturated carbocycles. The summed E-state index contributed by atoms with van der Waals surface area (Å²) in [6.45, 7) is 0. The highest BCUT2D eigenvalue weighted by Crippen LogP contribution is 2.24. The lowest BCUT2D eigenvalue weighted by Gasteiger charge is -2.21. The van der Waals surface area contributed by atoms with Crippen LogP contribution in [0.1, 0.15) is 42.5 Å². The molecule has 1 N–H and O–H groups in total. The first-order valence-corrected chi connectivity index (χ1v) is 7.67. The summed E-state index contributed by atoms with van der Waals surface area (Å²) in [5.74, 6) is -0.204. The first-order valence-electron chi connectivity index (χ1n) is 6.48. The van der Waals surface area contributed by atoms with Crippen LogP contribution in [-0.2, 0) is 0 Å². The van der Waals surface area contributed by atoms with Crippen molar-refractivity contribution in [1.82, 2.24) is 5.32 Å². The molecule has 1 amide bonds. The molecule has 0 aromatic heterocycles. The molecule has 0 radical (unpaired) electrons. The summed E-state index contributed by atoms with van der Waals surface area (Å²) in [5.41, 5.74) is 0.405. The van der Waals surface area contributed by atoms with Gasteiger partial charge in [0.2, 0.25) is 0 Å². The molecule has 1 aromatic rings. The predicted octanol–water partition coefficient (Wildman–Crippen LogP) is 4.66. The third kappa shape index (κ3) is 4.01. The lowest BCUT2D eigenvalue weighted by molar-refractivity contribution is 0.0934. The Morgan fingerprint density at radius 2 is 1.89 bits per heavy atom. The van der Waals surface area contributed by atoms with Crippen LogP contribution < -0.4 is 5.32 Å². The summed E-state index contributed by atoms with van der Waals surface area (Å²) in [5, 5.41) is 3.87. The molecule has 2 nitrogen and oxygen atoms in total. The van der Waals surface area contributed by atoms with E-state index in [1.165, 1.54) is 6.42 Å². The van der Waals surface area contributed by atoms with Gasteiger partial charge >= 0.3 is 0 Å². The lowest BCUT2D eigenvalue weighted by Crippen LogP contribution is -2.40. The largest absolute Gasteiger partial charge is 0.348 e. The maximum absolute atomic E-state index is 12.2. The number of carbonyl (C=O) groups is 1. The van der Waals surface area contributed by atoms with E-state index in [0.29, 0.717) is 15.6 Å². The summed E-state index contributed by atoms with van der Waals surface area (Å²) in [4.78, 5) is 12.2. The SMILES string of the molecule is O=C(NC1CCCCCC1Cl)c1cc(Cl)ccc1Cl. The first-order chi connectivity index (χ1) is 9.08. The Labute approximate surface area is 128 Å². The summed E-state index contributed by atoms with van der Waals surface area (Å²) in [7, 11) is 0. The van der Waals surface area contributed by atoms with Crippen LogP contribution in [0.25, 0.3) is 0 Å². The van der Waals surface area contributed by atoms with Crippen LogP contribution in [0.4, 0.5) is 0 Å². The van der Waals surface area contributed by atoms with Crippen LogP contribution in [0.5, 0.6) is 0 Å². The number of carbonyl (C=O) groups excluding carboxylic acids is 1. The van der Waals surface area contributed by atoms with E-state index in [-0.39, 0.29) is 17.3 Å². The van der Waals surface area contributed by atoms with Crippen LogP contribution in [0.2, 0.25) is 10.0 Å². The van der Waals surface area contributed by atoms with Crippen molar-refractivity contribution in [1.29, 1.82) is 0 Å². The Morgan fingerprint density at radius 3 is 2.68 bits per heavy atom. The normalized spacial score (nSPS) is 23.7. The highest BCUT2D eigenvalue weighted by Gasteiger charge is 2.24. The Balaban J connectivity index is 2.09. The number of halogens is 3. The summed E-state index contributed by atoms with van der Waals surface area (Å²) in [6, 6.07) is 4.88. The molecule has 2 rings (SSSR count). The zero-order valence-corrected chi connectivity index (χ0v) is 12.7. The van der Waals surface area contributed by atoms with E-state index in [4.69, 9.17) is 34.8 Å². The maximum atomic E-state index is 12.2. The van der Waals surface area contributed by atoms with Crippen molar-refractivity contribution in [3.63, 3.8) is 0 Å². The van der Waals surface area contributed by atoms with Crippen LogP contribution in [0.3, 0.4) is 0 Å². The van der Waals surface area contributed by atoms with Crippen molar-refractivity contribution >= 4 is 40.7 Å². The number of hydrogen-bond acceptors (Lipinski definition) is 1. The first kappa shape index (κ1) is 15.0. The molecule has 0 bridgehead atoms. The van der Waals surface area contributed by atoms with E-state index in [1.54, 1.807) is 18.2 Å². The van der Waals surface area contributed by atoms with Gasteiger partial charge in [0, 0.05) is 11.1 Å². The molecule has 0 spiro atoms. The second-order valence-corrected chi connectivity index (χ2v) is 6.26. The van der Waals surface area contributed by atoms with E-state index in [0.717, 1.165) is 25.7 Å². The molecule has 1 aromatic carbocycles. The number of hydrogen-bond donors (Lipinski definition) is 1. The molecule has 0 aliphatic heterocycles. The second-order valence-electron chi connectivity index (χ2n) is 4.86. The van der Waals surface area contributed by atoms with Gasteiger partial charge in [0.25, 0.3) is 5.91 Å². The summed E-state index contributed by atoms with van der Waals surface area (Å²) >= 11 is 18.2. The third-order valence-corrected chi connectivity index (χ3v) is 4.51. The topological polar surface area (TPSA) is 29.1 Å². The van der Waals surface area contributed by atoms with Crippen molar-refractivity contribution in [2.24, 2.45) is 0 Å². The van der Waals surface area contributed by atoms with Crippen molar-refractivity contribution in [2.45, 2.75) is 43.5 Å². The zero-order chi connectivity index (χ0) is 13.8. The molecule has 1 fully saturated rings. The molecule has 2 atom stereocenters. The molecule has 2 unspecified atom stereocenters. The summed E-state index contributed by atoms with van der Waals surface area (Å²) < 4.78 is 0. The van der Waals surface area contributed by atoms with Gasteiger partial charge in [-0.2, -0.15) is 0 Å². The predicted molar refractivity (Wildman–Crippen MR) is 80.4 cm³/mol. The van der Waals surface area contributed by atoms with Crippen LogP contribution >= 0.6 is 34.8 Å². The number of amides is 1. The van der Waals surface area contributed by atoms with E-state index in [9.17, 15) is 4.79 Å². The molecule has 1 aliphatic rings. The molecule has 104 valence electrons. The minimum absolute atomic E-state index is 0.00622. The molecular weight excluding hydrogens is 305 g/mol. The maximum Gasteiger partial charge on any atom is 0.253 e. The van der Waals surface area contributed by atoms with Gasteiger partial charge in [-0.3, -0.25) is 4.79 Å². The van der Waals surface area contributed by atoms with E-state index in [2.05, 4.69) is 5.32 Å². The van der Waals surface area contributed by atoms with Gasteiger partial charge in [-0.05, 0) is 31.0 Å². The van der Waals surface area contributed by atoms with Gasteiger partial charge in [0.1, 0.15) is 0 Å². The Hall–Kier alpha value is -0.440. The zero-order valence-electron chi connectivity index (χ0n) is 10.5. The number of nitrogens with one attached hydrogen (secondary N) is 1. The highest BCUT2D eigenvalue weighted by atomic mass is 35.5. The fourth-order valence-corrected chi connectivity index (χ4v) is 3.06. The quantitative estimate of drug-likeness (QED) is 0.623. The third-order valence-electron chi connectivity index (χ3n) is 3.42. The standard InChI is InChI=1S/C14H16Cl3NO/c15-9-6-7-11(16)10(8-9)14(19)18-13-5-3-1-2-4-12(13)17/h6-8,12-13H,1-5H2,(H,18,19). The van der Waals surface area contributed by atoms with Crippen LogP contribution in [0, 0.1) is 0 Å². The number of alkyl halides is 1. The minimum Gasteiger partial charge on any atom is -0.348 e. The molecule has 19 heavy (non-hydrogen) atoms. The average Bonchev–Trinajstić information content (AvgIpc) is 2.58. The van der Waals surface area contributed by atoms with Gasteiger partial charge in [-0.15, -0.1) is 11.6 Å². The molecule has 0 heterocycles. The summed E-state index contributed by atoms with van der Waals surface area (Å²) in [6.07, 6.45) is 5.25. The molecule has 1 aliphatic carbocycles. The second kappa shape index (κ2) is 6.83. The van der Waals surface area contributed by atoms with E-state index >= 15 is 0 Å². The Morgan fingerprint density at radius 1 is 1.16 bits per heavy atom. The van der Waals surface area contributed by atoms with Crippen LogP contribution in [0.15, 0.2) is 18.2 Å². The fraction of sp³-hybridized carbons (Fsp3) is 0.500. The molecule has 0 saturated heterocycles. The van der Waals surface area contributed by atoms with Gasteiger partial charge in [0.05, 0.1) is 16.0 Å². The Kier molecular flexibility index (Phi) is 5.37. The van der Waals surface area contributed by atoms with Crippen molar-refractivity contribution < 1.29 is 4.79 Å². The van der Waals surface area contributed by atoms with Gasteiger partial charge in [0.15, 0.2) is 0 Å². The van der Waals surface area contributed by atoms with E-state index in [1.807, 2.05) is 0 Å². The van der Waals surface area contributed by atoms with Crippen molar-refractivity contribution in [3.8, 4) is 0 Å². The molecule has 5 heteroatoms.